The van der Waals surface area contributed by atoms with Crippen molar-refractivity contribution in [3.63, 3.8) is 0 Å². The molecule has 3 heteroatoms. The van der Waals surface area contributed by atoms with Crippen LogP contribution in [-0.4, -0.2) is 19.1 Å². The molecule has 1 aromatic carbocycles. The molecule has 0 aliphatic heterocycles. The molecule has 2 nitrogen and oxygen atoms in total. The summed E-state index contributed by atoms with van der Waals surface area (Å²) in [7, 11) is 2.24. The van der Waals surface area contributed by atoms with E-state index >= 15 is 0 Å². The van der Waals surface area contributed by atoms with Crippen LogP contribution in [0.15, 0.2) is 22.7 Å². The van der Waals surface area contributed by atoms with Crippen LogP contribution in [0.2, 0.25) is 0 Å². The van der Waals surface area contributed by atoms with Gasteiger partial charge in [0.2, 0.25) is 0 Å². The second-order valence-electron chi connectivity index (χ2n) is 6.21. The zero-order valence-electron chi connectivity index (χ0n) is 12.7. The molecule has 0 bridgehead atoms. The Morgan fingerprint density at radius 3 is 2.45 bits per heavy atom. The third-order valence-corrected chi connectivity index (χ3v) is 5.10. The van der Waals surface area contributed by atoms with Crippen molar-refractivity contribution in [2.75, 3.05) is 11.9 Å². The lowest BCUT2D eigenvalue weighted by Gasteiger charge is -2.29. The van der Waals surface area contributed by atoms with Crippen LogP contribution in [0.5, 0.6) is 0 Å². The van der Waals surface area contributed by atoms with E-state index in [1.165, 1.54) is 54.2 Å². The molecule has 0 aromatic heterocycles. The molecule has 2 N–H and O–H groups in total. The molecule has 0 heterocycles. The maximum absolute atomic E-state index is 5.89. The smallest absolute Gasteiger partial charge is 0.0377 e. The Balaban J connectivity index is 2.09. The highest BCUT2D eigenvalue weighted by Crippen LogP contribution is 2.29. The fourth-order valence-corrected chi connectivity index (χ4v) is 3.65. The average molecular weight is 339 g/mol. The number of hydrogen-bond donors (Lipinski definition) is 1. The van der Waals surface area contributed by atoms with E-state index in [1.54, 1.807) is 0 Å². The highest BCUT2D eigenvalue weighted by atomic mass is 79.9. The first-order valence-corrected chi connectivity index (χ1v) is 8.64. The quantitative estimate of drug-likeness (QED) is 0.819. The summed E-state index contributed by atoms with van der Waals surface area (Å²) in [6, 6.07) is 7.62. The van der Waals surface area contributed by atoms with Crippen molar-refractivity contribution >= 4 is 21.6 Å². The summed E-state index contributed by atoms with van der Waals surface area (Å²) >= 11 is 3.70. The molecule has 1 unspecified atom stereocenters. The van der Waals surface area contributed by atoms with Crippen LogP contribution < -0.4 is 10.6 Å². The third-order valence-electron chi connectivity index (χ3n) is 4.36. The Morgan fingerprint density at radius 2 is 1.90 bits per heavy atom. The van der Waals surface area contributed by atoms with Gasteiger partial charge in [0.15, 0.2) is 0 Å². The summed E-state index contributed by atoms with van der Waals surface area (Å²) in [4.78, 5) is 2.46. The lowest BCUT2D eigenvalue weighted by Crippen LogP contribution is -2.31. The molecule has 0 radical (unpaired) electrons. The molecule has 20 heavy (non-hydrogen) atoms. The number of hydrogen-bond acceptors (Lipinski definition) is 2. The molecule has 0 saturated heterocycles. The predicted octanol–water partition coefficient (Wildman–Crippen LogP) is 4.50. The summed E-state index contributed by atoms with van der Waals surface area (Å²) in [5, 5.41) is 0. The van der Waals surface area contributed by atoms with Crippen molar-refractivity contribution < 1.29 is 0 Å². The number of anilines is 1. The average Bonchev–Trinajstić information content (AvgIpc) is 2.68. The van der Waals surface area contributed by atoms with Crippen LogP contribution >= 0.6 is 15.9 Å². The first kappa shape index (κ1) is 15.8. The Kier molecular flexibility index (Phi) is 5.91. The van der Waals surface area contributed by atoms with E-state index in [9.17, 15) is 0 Å². The molecule has 112 valence electrons. The summed E-state index contributed by atoms with van der Waals surface area (Å²) in [5.74, 6) is 0. The minimum absolute atomic E-state index is 0.205. The Labute approximate surface area is 131 Å². The van der Waals surface area contributed by atoms with Crippen LogP contribution in [0, 0.1) is 0 Å². The van der Waals surface area contributed by atoms with E-state index in [0.717, 1.165) is 6.42 Å². The van der Waals surface area contributed by atoms with E-state index in [-0.39, 0.29) is 6.04 Å². The zero-order chi connectivity index (χ0) is 14.5. The fraction of sp³-hybridized carbons (Fsp3) is 0.647. The molecule has 0 amide bonds. The van der Waals surface area contributed by atoms with E-state index < -0.39 is 0 Å². The molecule has 0 spiro atoms. The standard InChI is InChI=1S/C17H27BrN2/c1-13(19)11-14-9-10-16(12-17(14)18)20(2)15-7-5-3-4-6-8-15/h9-10,12-13,15H,3-8,11,19H2,1-2H3. The van der Waals surface area contributed by atoms with E-state index in [4.69, 9.17) is 5.73 Å². The lowest BCUT2D eigenvalue weighted by molar-refractivity contribution is 0.553. The van der Waals surface area contributed by atoms with Crippen molar-refractivity contribution in [2.24, 2.45) is 5.73 Å². The molecule has 1 aliphatic carbocycles. The van der Waals surface area contributed by atoms with Gasteiger partial charge < -0.3 is 10.6 Å². The van der Waals surface area contributed by atoms with Crippen LogP contribution in [-0.2, 0) is 6.42 Å². The van der Waals surface area contributed by atoms with Gasteiger partial charge in [-0.05, 0) is 43.9 Å². The molecule has 1 saturated carbocycles. The van der Waals surface area contributed by atoms with Gasteiger partial charge in [-0.15, -0.1) is 0 Å². The highest BCUT2D eigenvalue weighted by Gasteiger charge is 2.18. The molecular formula is C17H27BrN2. The van der Waals surface area contributed by atoms with Gasteiger partial charge in [-0.25, -0.2) is 0 Å². The van der Waals surface area contributed by atoms with E-state index in [2.05, 4.69) is 53.0 Å². The minimum Gasteiger partial charge on any atom is -0.372 e. The normalized spacial score (nSPS) is 18.6. The molecule has 1 fully saturated rings. The number of nitrogens with zero attached hydrogens (tertiary/aromatic N) is 1. The van der Waals surface area contributed by atoms with Crippen LogP contribution in [0.25, 0.3) is 0 Å². The van der Waals surface area contributed by atoms with Gasteiger partial charge in [0.25, 0.3) is 0 Å². The number of rotatable bonds is 4. The van der Waals surface area contributed by atoms with Crippen molar-refractivity contribution in [3.8, 4) is 0 Å². The van der Waals surface area contributed by atoms with Gasteiger partial charge in [-0.2, -0.15) is 0 Å². The number of halogens is 1. The first-order valence-electron chi connectivity index (χ1n) is 7.85. The monoisotopic (exact) mass is 338 g/mol. The molecule has 2 rings (SSSR count). The summed E-state index contributed by atoms with van der Waals surface area (Å²) in [6.07, 6.45) is 9.14. The Morgan fingerprint density at radius 1 is 1.25 bits per heavy atom. The maximum atomic E-state index is 5.89. The number of nitrogens with two attached hydrogens (primary N) is 1. The maximum Gasteiger partial charge on any atom is 0.0377 e. The van der Waals surface area contributed by atoms with Crippen molar-refractivity contribution in [1.29, 1.82) is 0 Å². The van der Waals surface area contributed by atoms with Crippen molar-refractivity contribution in [2.45, 2.75) is 64.0 Å². The van der Waals surface area contributed by atoms with Crippen LogP contribution in [0.4, 0.5) is 5.69 Å². The van der Waals surface area contributed by atoms with Gasteiger partial charge >= 0.3 is 0 Å². The second-order valence-corrected chi connectivity index (χ2v) is 7.07. The van der Waals surface area contributed by atoms with Gasteiger partial charge in [0, 0.05) is 29.3 Å². The zero-order valence-corrected chi connectivity index (χ0v) is 14.3. The van der Waals surface area contributed by atoms with Gasteiger partial charge in [0.05, 0.1) is 0 Å². The van der Waals surface area contributed by atoms with Crippen LogP contribution in [0.1, 0.15) is 51.0 Å². The van der Waals surface area contributed by atoms with E-state index in [1.807, 2.05) is 0 Å². The Hall–Kier alpha value is -0.540. The summed E-state index contributed by atoms with van der Waals surface area (Å²) in [5.41, 5.74) is 8.51. The predicted molar refractivity (Wildman–Crippen MR) is 91.4 cm³/mol. The minimum atomic E-state index is 0.205. The topological polar surface area (TPSA) is 29.3 Å². The largest absolute Gasteiger partial charge is 0.372 e. The fourth-order valence-electron chi connectivity index (χ4n) is 3.12. The molecule has 1 aliphatic rings. The third kappa shape index (κ3) is 4.23. The highest BCUT2D eigenvalue weighted by molar-refractivity contribution is 9.10. The van der Waals surface area contributed by atoms with Gasteiger partial charge in [-0.1, -0.05) is 47.7 Å². The van der Waals surface area contributed by atoms with Gasteiger partial charge in [0.1, 0.15) is 0 Å². The first-order chi connectivity index (χ1) is 9.58. The second kappa shape index (κ2) is 7.46. The molecule has 1 atom stereocenters. The van der Waals surface area contributed by atoms with Crippen LogP contribution in [0.3, 0.4) is 0 Å². The Bertz CT molecular complexity index is 423. The van der Waals surface area contributed by atoms with Crippen molar-refractivity contribution in [3.05, 3.63) is 28.2 Å². The van der Waals surface area contributed by atoms with E-state index in [0.29, 0.717) is 6.04 Å². The number of benzene rings is 1. The van der Waals surface area contributed by atoms with Crippen molar-refractivity contribution in [1.82, 2.24) is 0 Å². The lowest BCUT2D eigenvalue weighted by atomic mass is 10.0. The van der Waals surface area contributed by atoms with Gasteiger partial charge in [-0.3, -0.25) is 0 Å². The summed E-state index contributed by atoms with van der Waals surface area (Å²) in [6.45, 7) is 2.05. The molecular weight excluding hydrogens is 312 g/mol. The molecule has 1 aromatic rings. The summed E-state index contributed by atoms with van der Waals surface area (Å²) < 4.78 is 1.19. The SMILES string of the molecule is CC(N)Cc1ccc(N(C)C2CCCCCC2)cc1Br.